The summed E-state index contributed by atoms with van der Waals surface area (Å²) in [6.07, 6.45) is 1.19. The number of aliphatic imine (C=N–C) groups is 1. The fraction of sp³-hybridized carbons (Fsp3) is 0.409. The maximum atomic E-state index is 11.5. The van der Waals surface area contributed by atoms with Crippen molar-refractivity contribution in [3.8, 4) is 5.75 Å². The second kappa shape index (κ2) is 12.8. The highest BCUT2D eigenvalue weighted by Gasteiger charge is 2.15. The molecule has 0 aromatic heterocycles. The summed E-state index contributed by atoms with van der Waals surface area (Å²) < 4.78 is 28.7. The van der Waals surface area contributed by atoms with Crippen LogP contribution >= 0.6 is 24.0 Å². The molecule has 2 N–H and O–H groups in total. The summed E-state index contributed by atoms with van der Waals surface area (Å²) in [6.45, 7) is 8.02. The lowest BCUT2D eigenvalue weighted by Crippen LogP contribution is -2.44. The van der Waals surface area contributed by atoms with Gasteiger partial charge in [0.15, 0.2) is 15.8 Å². The highest BCUT2D eigenvalue weighted by atomic mass is 127. The van der Waals surface area contributed by atoms with Crippen LogP contribution in [0.1, 0.15) is 32.3 Å². The van der Waals surface area contributed by atoms with Crippen LogP contribution in [0.15, 0.2) is 64.5 Å². The van der Waals surface area contributed by atoms with Crippen LogP contribution < -0.4 is 15.4 Å². The minimum atomic E-state index is -3.20. The monoisotopic (exact) mass is 545 g/mol. The van der Waals surface area contributed by atoms with Crippen molar-refractivity contribution in [3.05, 3.63) is 60.2 Å². The summed E-state index contributed by atoms with van der Waals surface area (Å²) >= 11 is 0. The van der Waals surface area contributed by atoms with Crippen LogP contribution in [0.3, 0.4) is 0 Å². The second-order valence-electron chi connectivity index (χ2n) is 6.99. The molecule has 0 aliphatic rings. The van der Waals surface area contributed by atoms with Crippen LogP contribution in [0, 0.1) is 0 Å². The third kappa shape index (κ3) is 8.51. The quantitative estimate of drug-likeness (QED) is 0.217. The minimum absolute atomic E-state index is 0. The summed E-state index contributed by atoms with van der Waals surface area (Å²) in [7, 11) is -3.20. The van der Waals surface area contributed by atoms with E-state index in [2.05, 4.69) is 53.7 Å². The van der Waals surface area contributed by atoms with Gasteiger partial charge in [0.25, 0.3) is 0 Å². The SMILES string of the molecule is CCNC(=NCCOc1ccc(S(C)(=O)=O)cc1)NC(C)C(C)c1ccccc1.I. The Bertz CT molecular complexity index is 888. The lowest BCUT2D eigenvalue weighted by atomic mass is 9.94. The molecule has 2 unspecified atom stereocenters. The van der Waals surface area contributed by atoms with E-state index in [1.807, 2.05) is 13.0 Å². The average molecular weight is 545 g/mol. The van der Waals surface area contributed by atoms with E-state index in [0.29, 0.717) is 24.8 Å². The largest absolute Gasteiger partial charge is 0.492 e. The van der Waals surface area contributed by atoms with Crippen molar-refractivity contribution >= 4 is 39.8 Å². The molecule has 8 heteroatoms. The molecule has 0 saturated heterocycles. The number of ether oxygens (including phenoxy) is 1. The van der Waals surface area contributed by atoms with E-state index in [-0.39, 0.29) is 34.9 Å². The van der Waals surface area contributed by atoms with Gasteiger partial charge in [-0.2, -0.15) is 0 Å². The first-order chi connectivity index (χ1) is 13.8. The van der Waals surface area contributed by atoms with Gasteiger partial charge in [-0.15, -0.1) is 24.0 Å². The number of hydrogen-bond acceptors (Lipinski definition) is 4. The first kappa shape index (κ1) is 26.2. The molecule has 6 nitrogen and oxygen atoms in total. The molecule has 2 atom stereocenters. The molecule has 0 aliphatic carbocycles. The summed E-state index contributed by atoms with van der Waals surface area (Å²) in [5, 5.41) is 6.71. The molecule has 0 spiro atoms. The zero-order chi connectivity index (χ0) is 21.3. The number of nitrogens with one attached hydrogen (secondary N) is 2. The molecule has 0 saturated carbocycles. The maximum absolute atomic E-state index is 11.5. The number of rotatable bonds is 9. The zero-order valence-electron chi connectivity index (χ0n) is 18.0. The van der Waals surface area contributed by atoms with E-state index in [4.69, 9.17) is 4.74 Å². The van der Waals surface area contributed by atoms with Crippen molar-refractivity contribution in [1.29, 1.82) is 0 Å². The van der Waals surface area contributed by atoms with Crippen molar-refractivity contribution in [3.63, 3.8) is 0 Å². The molecular formula is C22H32IN3O3S. The lowest BCUT2D eigenvalue weighted by Gasteiger charge is -2.24. The number of sulfone groups is 1. The summed E-state index contributed by atoms with van der Waals surface area (Å²) in [5.41, 5.74) is 1.28. The van der Waals surface area contributed by atoms with Crippen molar-refractivity contribution < 1.29 is 13.2 Å². The summed E-state index contributed by atoms with van der Waals surface area (Å²) in [5.74, 6) is 1.71. The number of guanidine groups is 1. The van der Waals surface area contributed by atoms with Gasteiger partial charge < -0.3 is 15.4 Å². The highest BCUT2D eigenvalue weighted by Crippen LogP contribution is 2.18. The molecule has 0 heterocycles. The van der Waals surface area contributed by atoms with Gasteiger partial charge in [-0.3, -0.25) is 0 Å². The lowest BCUT2D eigenvalue weighted by molar-refractivity contribution is 0.328. The molecule has 0 fully saturated rings. The van der Waals surface area contributed by atoms with Crippen LogP contribution in [-0.2, 0) is 9.84 Å². The molecule has 0 radical (unpaired) electrons. The number of nitrogens with zero attached hydrogens (tertiary/aromatic N) is 1. The van der Waals surface area contributed by atoms with Gasteiger partial charge in [-0.05, 0) is 43.7 Å². The second-order valence-corrected chi connectivity index (χ2v) is 9.00. The number of halogens is 1. The normalized spacial score (nSPS) is 13.7. The van der Waals surface area contributed by atoms with Crippen molar-refractivity contribution in [2.24, 2.45) is 4.99 Å². The predicted molar refractivity (Wildman–Crippen MR) is 134 cm³/mol. The van der Waals surface area contributed by atoms with Gasteiger partial charge in [-0.25, -0.2) is 13.4 Å². The third-order valence-electron chi connectivity index (χ3n) is 4.67. The van der Waals surface area contributed by atoms with E-state index < -0.39 is 9.84 Å². The molecule has 2 aromatic carbocycles. The average Bonchev–Trinajstić information content (AvgIpc) is 2.71. The third-order valence-corrected chi connectivity index (χ3v) is 5.79. The topological polar surface area (TPSA) is 79.8 Å². The van der Waals surface area contributed by atoms with E-state index in [0.717, 1.165) is 12.5 Å². The Morgan fingerprint density at radius 1 is 1.07 bits per heavy atom. The molecule has 0 amide bonds. The fourth-order valence-electron chi connectivity index (χ4n) is 2.81. The van der Waals surface area contributed by atoms with Gasteiger partial charge in [0, 0.05) is 24.8 Å². The number of hydrogen-bond donors (Lipinski definition) is 2. The van der Waals surface area contributed by atoms with Gasteiger partial charge >= 0.3 is 0 Å². The Morgan fingerprint density at radius 2 is 1.70 bits per heavy atom. The molecule has 2 rings (SSSR count). The molecule has 0 aliphatic heterocycles. The predicted octanol–water partition coefficient (Wildman–Crippen LogP) is 3.83. The van der Waals surface area contributed by atoms with Gasteiger partial charge in [-0.1, -0.05) is 37.3 Å². The van der Waals surface area contributed by atoms with Crippen LogP contribution in [0.2, 0.25) is 0 Å². The Labute approximate surface area is 197 Å². The Hall–Kier alpha value is -1.81. The molecule has 166 valence electrons. The van der Waals surface area contributed by atoms with Gasteiger partial charge in [0.1, 0.15) is 12.4 Å². The molecule has 0 bridgehead atoms. The summed E-state index contributed by atoms with van der Waals surface area (Å²) in [4.78, 5) is 4.86. The first-order valence-corrected chi connectivity index (χ1v) is 11.7. The van der Waals surface area contributed by atoms with Crippen LogP contribution in [-0.4, -0.2) is 46.4 Å². The standard InChI is InChI=1S/C22H31N3O3S.HI/c1-5-23-22(25-18(3)17(2)19-9-7-6-8-10-19)24-15-16-28-20-11-13-21(14-12-20)29(4,26)27;/h6-14,17-18H,5,15-16H2,1-4H3,(H2,23,24,25);1H. The maximum Gasteiger partial charge on any atom is 0.191 e. The summed E-state index contributed by atoms with van der Waals surface area (Å²) in [6, 6.07) is 17.0. The minimum Gasteiger partial charge on any atom is -0.492 e. The van der Waals surface area contributed by atoms with Crippen LogP contribution in [0.25, 0.3) is 0 Å². The van der Waals surface area contributed by atoms with E-state index in [9.17, 15) is 8.42 Å². The van der Waals surface area contributed by atoms with E-state index >= 15 is 0 Å². The van der Waals surface area contributed by atoms with Crippen molar-refractivity contribution in [1.82, 2.24) is 10.6 Å². The Balaban J connectivity index is 0.00000450. The van der Waals surface area contributed by atoms with Crippen LogP contribution in [0.5, 0.6) is 5.75 Å². The zero-order valence-corrected chi connectivity index (χ0v) is 21.1. The molecule has 30 heavy (non-hydrogen) atoms. The van der Waals surface area contributed by atoms with Crippen LogP contribution in [0.4, 0.5) is 0 Å². The number of benzene rings is 2. The van der Waals surface area contributed by atoms with E-state index in [1.54, 1.807) is 24.3 Å². The fourth-order valence-corrected chi connectivity index (χ4v) is 3.44. The Kier molecular flexibility index (Phi) is 11.2. The van der Waals surface area contributed by atoms with E-state index in [1.165, 1.54) is 11.8 Å². The molecule has 2 aromatic rings. The Morgan fingerprint density at radius 3 is 2.27 bits per heavy atom. The van der Waals surface area contributed by atoms with Crippen molar-refractivity contribution in [2.75, 3.05) is 26.0 Å². The molecular weight excluding hydrogens is 513 g/mol. The first-order valence-electron chi connectivity index (χ1n) is 9.84. The smallest absolute Gasteiger partial charge is 0.191 e. The van der Waals surface area contributed by atoms with Gasteiger partial charge in [0.2, 0.25) is 0 Å². The van der Waals surface area contributed by atoms with Gasteiger partial charge in [0.05, 0.1) is 11.4 Å². The highest BCUT2D eigenvalue weighted by molar-refractivity contribution is 14.0. The van der Waals surface area contributed by atoms with Crippen molar-refractivity contribution in [2.45, 2.75) is 37.6 Å².